The standard InChI is InChI=1S/C23H23N3O4/c1-2-3-11-21(27)25-19(13-12-16-8-5-4-6-9-16)18-15-20(26(29)30)17-10-7-14-24-22(17)23(18)28/h4-10,12-15,19,28H,2-3,11H2,1H3,(H,25,27)/b13-12+/t19-/m1/s1. The molecule has 1 heterocycles. The molecule has 1 atom stereocenters. The maximum atomic E-state index is 12.4. The Labute approximate surface area is 174 Å². The number of nitrogens with zero attached hydrogens (tertiary/aromatic N) is 2. The Balaban J connectivity index is 2.08. The molecule has 7 heteroatoms. The van der Waals surface area contributed by atoms with Crippen LogP contribution in [0.1, 0.15) is 43.4 Å². The maximum Gasteiger partial charge on any atom is 0.279 e. The third-order valence-corrected chi connectivity index (χ3v) is 4.76. The molecule has 0 aliphatic rings. The summed E-state index contributed by atoms with van der Waals surface area (Å²) in [6.45, 7) is 1.99. The molecule has 0 spiro atoms. The summed E-state index contributed by atoms with van der Waals surface area (Å²) < 4.78 is 0. The van der Waals surface area contributed by atoms with Gasteiger partial charge in [0.25, 0.3) is 5.69 Å². The normalized spacial score (nSPS) is 12.2. The fourth-order valence-corrected chi connectivity index (χ4v) is 3.20. The van der Waals surface area contributed by atoms with Crippen molar-refractivity contribution in [1.82, 2.24) is 10.3 Å². The lowest BCUT2D eigenvalue weighted by Crippen LogP contribution is -2.27. The summed E-state index contributed by atoms with van der Waals surface area (Å²) in [6.07, 6.45) is 6.91. The van der Waals surface area contributed by atoms with Crippen molar-refractivity contribution in [2.24, 2.45) is 0 Å². The predicted molar refractivity (Wildman–Crippen MR) is 116 cm³/mol. The Morgan fingerprint density at radius 2 is 2.03 bits per heavy atom. The molecular formula is C23H23N3O4. The highest BCUT2D eigenvalue weighted by Crippen LogP contribution is 2.38. The van der Waals surface area contributed by atoms with Gasteiger partial charge in [-0.1, -0.05) is 55.8 Å². The Morgan fingerprint density at radius 3 is 2.73 bits per heavy atom. The molecule has 1 amide bonds. The zero-order valence-electron chi connectivity index (χ0n) is 16.6. The number of aromatic nitrogens is 1. The number of hydrogen-bond donors (Lipinski definition) is 2. The molecule has 0 bridgehead atoms. The van der Waals surface area contributed by atoms with Crippen LogP contribution in [0.2, 0.25) is 0 Å². The van der Waals surface area contributed by atoms with Crippen LogP contribution in [0, 0.1) is 10.1 Å². The van der Waals surface area contributed by atoms with E-state index >= 15 is 0 Å². The van der Waals surface area contributed by atoms with Gasteiger partial charge in [0.15, 0.2) is 0 Å². The van der Waals surface area contributed by atoms with E-state index in [4.69, 9.17) is 0 Å². The number of amides is 1. The minimum atomic E-state index is -0.750. The second-order valence-electron chi connectivity index (χ2n) is 6.91. The number of nitro benzene ring substituents is 1. The van der Waals surface area contributed by atoms with Gasteiger partial charge in [0.1, 0.15) is 11.3 Å². The molecule has 0 saturated heterocycles. The minimum absolute atomic E-state index is 0.127. The molecule has 30 heavy (non-hydrogen) atoms. The van der Waals surface area contributed by atoms with Crippen LogP contribution in [0.5, 0.6) is 5.75 Å². The van der Waals surface area contributed by atoms with Crippen molar-refractivity contribution in [3.8, 4) is 5.75 Å². The molecule has 3 aromatic rings. The molecule has 2 N–H and O–H groups in total. The Hall–Kier alpha value is -3.74. The molecule has 0 aliphatic carbocycles. The van der Waals surface area contributed by atoms with Gasteiger partial charge in [0, 0.05) is 24.2 Å². The van der Waals surface area contributed by atoms with Crippen molar-refractivity contribution in [3.63, 3.8) is 0 Å². The van der Waals surface area contributed by atoms with Crippen LogP contribution in [-0.4, -0.2) is 20.9 Å². The lowest BCUT2D eigenvalue weighted by atomic mass is 9.99. The average Bonchev–Trinajstić information content (AvgIpc) is 2.76. The first-order valence-corrected chi connectivity index (χ1v) is 9.79. The van der Waals surface area contributed by atoms with Gasteiger partial charge in [0.05, 0.1) is 16.4 Å². The smallest absolute Gasteiger partial charge is 0.279 e. The van der Waals surface area contributed by atoms with Gasteiger partial charge in [-0.3, -0.25) is 19.9 Å². The minimum Gasteiger partial charge on any atom is -0.505 e. The third kappa shape index (κ3) is 4.81. The first-order valence-electron chi connectivity index (χ1n) is 9.79. The number of rotatable bonds is 8. The van der Waals surface area contributed by atoms with Gasteiger partial charge in [-0.25, -0.2) is 0 Å². The van der Waals surface area contributed by atoms with E-state index < -0.39 is 11.0 Å². The fraction of sp³-hybridized carbons (Fsp3) is 0.217. The lowest BCUT2D eigenvalue weighted by molar-refractivity contribution is -0.383. The molecule has 2 aromatic carbocycles. The second kappa shape index (κ2) is 9.65. The zero-order chi connectivity index (χ0) is 21.5. The van der Waals surface area contributed by atoms with E-state index in [1.165, 1.54) is 12.3 Å². The van der Waals surface area contributed by atoms with Crippen LogP contribution >= 0.6 is 0 Å². The number of non-ortho nitro benzene ring substituents is 1. The molecule has 1 aromatic heterocycles. The van der Waals surface area contributed by atoms with Crippen LogP contribution in [-0.2, 0) is 4.79 Å². The first kappa shape index (κ1) is 21.0. The van der Waals surface area contributed by atoms with Gasteiger partial charge in [0.2, 0.25) is 5.91 Å². The van der Waals surface area contributed by atoms with Crippen LogP contribution in [0.3, 0.4) is 0 Å². The SMILES string of the molecule is CCCCC(=O)N[C@H](/C=C/c1ccccc1)c1cc([N+](=O)[O-])c2cccnc2c1O. The van der Waals surface area contributed by atoms with Gasteiger partial charge in [-0.15, -0.1) is 0 Å². The summed E-state index contributed by atoms with van der Waals surface area (Å²) in [7, 11) is 0. The quantitative estimate of drug-likeness (QED) is 0.409. The van der Waals surface area contributed by atoms with Crippen LogP contribution < -0.4 is 5.32 Å². The van der Waals surface area contributed by atoms with Gasteiger partial charge >= 0.3 is 0 Å². The highest BCUT2D eigenvalue weighted by molar-refractivity contribution is 5.93. The number of benzene rings is 2. The number of aromatic hydroxyl groups is 1. The first-order chi connectivity index (χ1) is 14.5. The summed E-state index contributed by atoms with van der Waals surface area (Å²) in [4.78, 5) is 27.7. The van der Waals surface area contributed by atoms with Gasteiger partial charge in [-0.2, -0.15) is 0 Å². The number of nitrogens with one attached hydrogen (secondary N) is 1. The van der Waals surface area contributed by atoms with E-state index in [1.54, 1.807) is 24.3 Å². The van der Waals surface area contributed by atoms with Crippen LogP contribution in [0.25, 0.3) is 17.0 Å². The van der Waals surface area contributed by atoms with Crippen molar-refractivity contribution >= 4 is 28.6 Å². The topological polar surface area (TPSA) is 105 Å². The fourth-order valence-electron chi connectivity index (χ4n) is 3.20. The van der Waals surface area contributed by atoms with E-state index in [9.17, 15) is 20.0 Å². The van der Waals surface area contributed by atoms with E-state index in [2.05, 4.69) is 10.3 Å². The van der Waals surface area contributed by atoms with Crippen LogP contribution in [0.15, 0.2) is 60.8 Å². The number of phenolic OH excluding ortho intramolecular Hbond substituents is 1. The van der Waals surface area contributed by atoms with Crippen molar-refractivity contribution in [1.29, 1.82) is 0 Å². The number of unbranched alkanes of at least 4 members (excludes halogenated alkanes) is 1. The average molecular weight is 405 g/mol. The molecule has 154 valence electrons. The number of carbonyl (C=O) groups is 1. The Kier molecular flexibility index (Phi) is 6.75. The number of hydrogen-bond acceptors (Lipinski definition) is 5. The highest BCUT2D eigenvalue weighted by Gasteiger charge is 2.24. The molecule has 0 fully saturated rings. The molecule has 0 unspecified atom stereocenters. The number of phenols is 1. The third-order valence-electron chi connectivity index (χ3n) is 4.76. The van der Waals surface area contributed by atoms with Crippen molar-refractivity contribution < 1.29 is 14.8 Å². The Bertz CT molecular complexity index is 1080. The summed E-state index contributed by atoms with van der Waals surface area (Å²) in [5.41, 5.74) is 1.08. The number of fused-ring (bicyclic) bond motifs is 1. The molecule has 0 radical (unpaired) electrons. The van der Waals surface area contributed by atoms with Gasteiger partial charge in [-0.05, 0) is 24.1 Å². The summed E-state index contributed by atoms with van der Waals surface area (Å²) in [6, 6.07) is 13.1. The monoisotopic (exact) mass is 405 g/mol. The van der Waals surface area contributed by atoms with Gasteiger partial charge < -0.3 is 10.4 Å². The van der Waals surface area contributed by atoms with E-state index in [0.29, 0.717) is 6.42 Å². The molecular weight excluding hydrogens is 382 g/mol. The lowest BCUT2D eigenvalue weighted by Gasteiger charge is -2.18. The molecule has 3 rings (SSSR count). The number of carbonyl (C=O) groups excluding carboxylic acids is 1. The second-order valence-corrected chi connectivity index (χ2v) is 6.91. The van der Waals surface area contributed by atoms with E-state index in [0.717, 1.165) is 18.4 Å². The van der Waals surface area contributed by atoms with Crippen LogP contribution in [0.4, 0.5) is 5.69 Å². The summed E-state index contributed by atoms with van der Waals surface area (Å²) in [5.74, 6) is -0.377. The zero-order valence-corrected chi connectivity index (χ0v) is 16.6. The number of pyridine rings is 1. The van der Waals surface area contributed by atoms with Crippen molar-refractivity contribution in [2.45, 2.75) is 32.2 Å². The predicted octanol–water partition coefficient (Wildman–Crippen LogP) is 4.91. The van der Waals surface area contributed by atoms with E-state index in [-0.39, 0.29) is 33.8 Å². The molecule has 7 nitrogen and oxygen atoms in total. The van der Waals surface area contributed by atoms with Crippen molar-refractivity contribution in [3.05, 3.63) is 82.0 Å². The highest BCUT2D eigenvalue weighted by atomic mass is 16.6. The Morgan fingerprint density at radius 1 is 1.27 bits per heavy atom. The largest absolute Gasteiger partial charge is 0.505 e. The number of nitro groups is 1. The molecule has 0 saturated carbocycles. The maximum absolute atomic E-state index is 12.4. The van der Waals surface area contributed by atoms with Crippen molar-refractivity contribution in [2.75, 3.05) is 0 Å². The summed E-state index contributed by atoms with van der Waals surface area (Å²) in [5, 5.41) is 25.6. The van der Waals surface area contributed by atoms with E-state index in [1.807, 2.05) is 37.3 Å². The summed E-state index contributed by atoms with van der Waals surface area (Å²) >= 11 is 0. The molecule has 0 aliphatic heterocycles.